The second kappa shape index (κ2) is 7.87. The first-order valence-corrected chi connectivity index (χ1v) is 5.65. The lowest BCUT2D eigenvalue weighted by molar-refractivity contribution is 0.199. The molecule has 0 radical (unpaired) electrons. The molecule has 5 heteroatoms. The van der Waals surface area contributed by atoms with Gasteiger partial charge in [0.05, 0.1) is 17.8 Å². The number of nitrogens with one attached hydrogen (secondary N) is 2. The fourth-order valence-corrected chi connectivity index (χ4v) is 1.58. The summed E-state index contributed by atoms with van der Waals surface area (Å²) in [6.45, 7) is 4.46. The van der Waals surface area contributed by atoms with Crippen LogP contribution in [0.2, 0.25) is 0 Å². The molecule has 4 nitrogen and oxygen atoms in total. The second-order valence-electron chi connectivity index (χ2n) is 2.90. The van der Waals surface area contributed by atoms with Gasteiger partial charge in [0.15, 0.2) is 0 Å². The molecule has 0 aliphatic heterocycles. The molecule has 1 heterocycles. The second-order valence-corrected chi connectivity index (χ2v) is 3.62. The van der Waals surface area contributed by atoms with Crippen LogP contribution < -0.4 is 10.6 Å². The molecule has 0 saturated heterocycles. The van der Waals surface area contributed by atoms with Crippen LogP contribution in [0.1, 0.15) is 5.69 Å². The van der Waals surface area contributed by atoms with Gasteiger partial charge in [-0.05, 0) is 0 Å². The van der Waals surface area contributed by atoms with Gasteiger partial charge in [0.2, 0.25) is 0 Å². The summed E-state index contributed by atoms with van der Waals surface area (Å²) < 4.78 is 4.92. The van der Waals surface area contributed by atoms with E-state index in [1.165, 1.54) is 0 Å². The topological polar surface area (TPSA) is 46.2 Å². The van der Waals surface area contributed by atoms with Crippen LogP contribution in [0.4, 0.5) is 0 Å². The lowest BCUT2D eigenvalue weighted by Gasteiger charge is -2.04. The smallest absolute Gasteiger partial charge is 0.0795 e. The summed E-state index contributed by atoms with van der Waals surface area (Å²) in [5.74, 6) is 0. The van der Waals surface area contributed by atoms with Crippen LogP contribution in [0.15, 0.2) is 10.9 Å². The monoisotopic (exact) mass is 215 g/mol. The highest BCUT2D eigenvalue weighted by molar-refractivity contribution is 7.07. The fraction of sp³-hybridized carbons (Fsp3) is 0.667. The van der Waals surface area contributed by atoms with Crippen molar-refractivity contribution >= 4 is 11.3 Å². The van der Waals surface area contributed by atoms with Gasteiger partial charge in [0.1, 0.15) is 0 Å². The standard InChI is InChI=1S/C9H17N3OS/c1-13-5-4-10-2-3-11-6-9-7-14-8-12-9/h7-8,10-11H,2-6H2,1H3. The van der Waals surface area contributed by atoms with Crippen LogP contribution in [0.25, 0.3) is 0 Å². The Morgan fingerprint density at radius 1 is 1.36 bits per heavy atom. The number of thiazole rings is 1. The van der Waals surface area contributed by atoms with Gasteiger partial charge >= 0.3 is 0 Å². The Balaban J connectivity index is 1.85. The predicted molar refractivity (Wildman–Crippen MR) is 58.6 cm³/mol. The minimum Gasteiger partial charge on any atom is -0.383 e. The van der Waals surface area contributed by atoms with Crippen LogP contribution >= 0.6 is 11.3 Å². The van der Waals surface area contributed by atoms with Gasteiger partial charge in [0, 0.05) is 38.7 Å². The molecule has 0 amide bonds. The minimum absolute atomic E-state index is 0.770. The molecule has 1 aromatic heterocycles. The summed E-state index contributed by atoms with van der Waals surface area (Å²) in [7, 11) is 1.71. The quantitative estimate of drug-likeness (QED) is 0.619. The molecule has 1 aromatic rings. The maximum Gasteiger partial charge on any atom is 0.0795 e. The molecule has 2 N–H and O–H groups in total. The average molecular weight is 215 g/mol. The Hall–Kier alpha value is -0.490. The van der Waals surface area contributed by atoms with Crippen molar-refractivity contribution in [2.24, 2.45) is 0 Å². The molecule has 0 bridgehead atoms. The molecule has 0 spiro atoms. The molecular formula is C9H17N3OS. The van der Waals surface area contributed by atoms with E-state index in [-0.39, 0.29) is 0 Å². The summed E-state index contributed by atoms with van der Waals surface area (Å²) in [5.41, 5.74) is 2.97. The van der Waals surface area contributed by atoms with Gasteiger partial charge in [-0.25, -0.2) is 4.98 Å². The van der Waals surface area contributed by atoms with E-state index in [9.17, 15) is 0 Å². The van der Waals surface area contributed by atoms with Crippen molar-refractivity contribution in [1.29, 1.82) is 0 Å². The predicted octanol–water partition coefficient (Wildman–Crippen LogP) is 0.469. The first kappa shape index (κ1) is 11.6. The summed E-state index contributed by atoms with van der Waals surface area (Å²) in [6.07, 6.45) is 0. The Bertz CT molecular complexity index is 216. The zero-order valence-electron chi connectivity index (χ0n) is 8.45. The van der Waals surface area contributed by atoms with Crippen LogP contribution in [0.3, 0.4) is 0 Å². The van der Waals surface area contributed by atoms with E-state index in [2.05, 4.69) is 21.0 Å². The van der Waals surface area contributed by atoms with E-state index in [4.69, 9.17) is 4.74 Å². The minimum atomic E-state index is 0.770. The van der Waals surface area contributed by atoms with Crippen molar-refractivity contribution in [3.8, 4) is 0 Å². The third-order valence-corrected chi connectivity index (χ3v) is 2.39. The highest BCUT2D eigenvalue weighted by atomic mass is 32.1. The number of aromatic nitrogens is 1. The Morgan fingerprint density at radius 2 is 2.21 bits per heavy atom. The van der Waals surface area contributed by atoms with E-state index < -0.39 is 0 Å². The number of hydrogen-bond acceptors (Lipinski definition) is 5. The van der Waals surface area contributed by atoms with Gasteiger partial charge in [-0.1, -0.05) is 0 Å². The van der Waals surface area contributed by atoms with Gasteiger partial charge in [-0.15, -0.1) is 11.3 Å². The van der Waals surface area contributed by atoms with E-state index in [0.29, 0.717) is 0 Å². The van der Waals surface area contributed by atoms with Crippen molar-refractivity contribution in [2.75, 3.05) is 33.4 Å². The molecule has 0 aliphatic carbocycles. The lowest BCUT2D eigenvalue weighted by atomic mass is 10.4. The summed E-state index contributed by atoms with van der Waals surface area (Å²) >= 11 is 1.63. The molecule has 0 fully saturated rings. The number of nitrogens with zero attached hydrogens (tertiary/aromatic N) is 1. The van der Waals surface area contributed by atoms with Crippen molar-refractivity contribution in [1.82, 2.24) is 15.6 Å². The van der Waals surface area contributed by atoms with E-state index in [1.807, 2.05) is 5.51 Å². The summed E-state index contributed by atoms with van der Waals surface area (Å²) in [6, 6.07) is 0. The van der Waals surface area contributed by atoms with Gasteiger partial charge in [-0.3, -0.25) is 0 Å². The van der Waals surface area contributed by atoms with E-state index >= 15 is 0 Å². The van der Waals surface area contributed by atoms with Gasteiger partial charge in [0.25, 0.3) is 0 Å². The maximum absolute atomic E-state index is 4.92. The molecule has 1 rings (SSSR count). The maximum atomic E-state index is 4.92. The Labute approximate surface area is 88.7 Å². The number of ether oxygens (including phenoxy) is 1. The van der Waals surface area contributed by atoms with Crippen LogP contribution in [0, 0.1) is 0 Å². The third-order valence-electron chi connectivity index (χ3n) is 1.75. The highest BCUT2D eigenvalue weighted by Gasteiger charge is 1.92. The SMILES string of the molecule is COCCNCCNCc1cscn1. The van der Waals surface area contributed by atoms with Crippen molar-refractivity contribution in [2.45, 2.75) is 6.54 Å². The lowest BCUT2D eigenvalue weighted by Crippen LogP contribution is -2.29. The molecule has 0 aliphatic rings. The first-order valence-electron chi connectivity index (χ1n) is 4.71. The van der Waals surface area contributed by atoms with Gasteiger partial charge in [-0.2, -0.15) is 0 Å². The van der Waals surface area contributed by atoms with Crippen molar-refractivity contribution in [3.05, 3.63) is 16.6 Å². The van der Waals surface area contributed by atoms with Crippen molar-refractivity contribution in [3.63, 3.8) is 0 Å². The number of rotatable bonds is 8. The largest absolute Gasteiger partial charge is 0.383 e. The average Bonchev–Trinajstić information content (AvgIpc) is 2.69. The molecule has 0 aromatic carbocycles. The highest BCUT2D eigenvalue weighted by Crippen LogP contribution is 1.98. The third kappa shape index (κ3) is 5.29. The fourth-order valence-electron chi connectivity index (χ4n) is 1.02. The zero-order chi connectivity index (χ0) is 10.1. The molecule has 0 atom stereocenters. The molecule has 0 saturated carbocycles. The summed E-state index contributed by atoms with van der Waals surface area (Å²) in [4.78, 5) is 4.18. The first-order chi connectivity index (χ1) is 6.93. The molecular weight excluding hydrogens is 198 g/mol. The molecule has 80 valence electrons. The molecule has 0 unspecified atom stereocenters. The van der Waals surface area contributed by atoms with Crippen LogP contribution in [0.5, 0.6) is 0 Å². The van der Waals surface area contributed by atoms with Crippen molar-refractivity contribution < 1.29 is 4.74 Å². The zero-order valence-corrected chi connectivity index (χ0v) is 9.27. The van der Waals surface area contributed by atoms with Gasteiger partial charge < -0.3 is 15.4 Å². The van der Waals surface area contributed by atoms with Crippen LogP contribution in [-0.4, -0.2) is 38.3 Å². The van der Waals surface area contributed by atoms with Crippen LogP contribution in [-0.2, 0) is 11.3 Å². The normalized spacial score (nSPS) is 10.6. The Kier molecular flexibility index (Phi) is 6.51. The number of hydrogen-bond donors (Lipinski definition) is 2. The summed E-state index contributed by atoms with van der Waals surface area (Å²) in [5, 5.41) is 8.63. The molecule has 14 heavy (non-hydrogen) atoms. The Morgan fingerprint density at radius 3 is 2.93 bits per heavy atom. The number of methoxy groups -OCH3 is 1. The van der Waals surface area contributed by atoms with E-state index in [1.54, 1.807) is 18.4 Å². The van der Waals surface area contributed by atoms with E-state index in [0.717, 1.165) is 38.5 Å².